The first kappa shape index (κ1) is 15.6. The zero-order valence-electron chi connectivity index (χ0n) is 12.7. The van der Waals surface area contributed by atoms with Gasteiger partial charge in [0.15, 0.2) is 18.1 Å². The van der Waals surface area contributed by atoms with Gasteiger partial charge >= 0.3 is 5.97 Å². The van der Waals surface area contributed by atoms with Crippen LogP contribution in [-0.2, 0) is 14.3 Å². The van der Waals surface area contributed by atoms with Gasteiger partial charge in [0.1, 0.15) is 0 Å². The van der Waals surface area contributed by atoms with Gasteiger partial charge in [-0.05, 0) is 23.8 Å². The molecule has 1 aliphatic rings. The predicted molar refractivity (Wildman–Crippen MR) is 87.6 cm³/mol. The summed E-state index contributed by atoms with van der Waals surface area (Å²) in [7, 11) is 0. The van der Waals surface area contributed by atoms with Crippen LogP contribution in [0.5, 0.6) is 11.5 Å². The van der Waals surface area contributed by atoms with Gasteiger partial charge in [-0.1, -0.05) is 30.3 Å². The maximum atomic E-state index is 11.8. The Morgan fingerprint density at radius 2 is 1.88 bits per heavy atom. The highest BCUT2D eigenvalue weighted by Crippen LogP contribution is 2.34. The summed E-state index contributed by atoms with van der Waals surface area (Å²) >= 11 is 0. The Labute approximate surface area is 138 Å². The fourth-order valence-corrected chi connectivity index (χ4v) is 2.08. The summed E-state index contributed by atoms with van der Waals surface area (Å²) in [5, 5.41) is 2.62. The number of anilines is 1. The van der Waals surface area contributed by atoms with Crippen LogP contribution in [0.1, 0.15) is 5.56 Å². The van der Waals surface area contributed by atoms with Crippen LogP contribution in [0.4, 0.5) is 5.69 Å². The molecule has 1 heterocycles. The molecule has 6 heteroatoms. The highest BCUT2D eigenvalue weighted by atomic mass is 16.7. The van der Waals surface area contributed by atoms with E-state index in [4.69, 9.17) is 14.2 Å². The normalized spacial score (nSPS) is 12.2. The average Bonchev–Trinajstić information content (AvgIpc) is 3.07. The van der Waals surface area contributed by atoms with Gasteiger partial charge in [-0.3, -0.25) is 4.79 Å². The van der Waals surface area contributed by atoms with Crippen molar-refractivity contribution in [2.24, 2.45) is 0 Å². The molecule has 1 aliphatic heterocycles. The van der Waals surface area contributed by atoms with E-state index in [1.54, 1.807) is 24.3 Å². The molecule has 0 bridgehead atoms. The second-order valence-electron chi connectivity index (χ2n) is 4.97. The summed E-state index contributed by atoms with van der Waals surface area (Å²) in [4.78, 5) is 23.4. The van der Waals surface area contributed by atoms with Crippen LogP contribution in [0.25, 0.3) is 6.08 Å². The van der Waals surface area contributed by atoms with Crippen LogP contribution < -0.4 is 14.8 Å². The fourth-order valence-electron chi connectivity index (χ4n) is 2.08. The molecule has 0 atom stereocenters. The van der Waals surface area contributed by atoms with Crippen molar-refractivity contribution in [3.63, 3.8) is 0 Å². The van der Waals surface area contributed by atoms with Crippen molar-refractivity contribution >= 4 is 23.6 Å². The molecule has 0 radical (unpaired) electrons. The number of nitrogens with one attached hydrogen (secondary N) is 1. The molecule has 6 nitrogen and oxygen atoms in total. The number of hydrogen-bond acceptors (Lipinski definition) is 5. The minimum Gasteiger partial charge on any atom is -0.454 e. The molecule has 24 heavy (non-hydrogen) atoms. The van der Waals surface area contributed by atoms with Gasteiger partial charge in [0, 0.05) is 17.8 Å². The van der Waals surface area contributed by atoms with Crippen molar-refractivity contribution in [1.82, 2.24) is 0 Å². The average molecular weight is 325 g/mol. The molecule has 0 fully saturated rings. The smallest absolute Gasteiger partial charge is 0.331 e. The third kappa shape index (κ3) is 4.13. The van der Waals surface area contributed by atoms with Crippen molar-refractivity contribution in [3.05, 3.63) is 60.2 Å². The molecular weight excluding hydrogens is 310 g/mol. The lowest BCUT2D eigenvalue weighted by Crippen LogP contribution is -2.20. The zero-order valence-corrected chi connectivity index (χ0v) is 12.7. The Kier molecular flexibility index (Phi) is 4.76. The number of amides is 1. The van der Waals surface area contributed by atoms with Crippen LogP contribution in [0.15, 0.2) is 54.6 Å². The van der Waals surface area contributed by atoms with Crippen molar-refractivity contribution in [2.75, 3.05) is 18.7 Å². The third-order valence-corrected chi connectivity index (χ3v) is 3.21. The number of ether oxygens (including phenoxy) is 3. The van der Waals surface area contributed by atoms with Crippen LogP contribution in [0.3, 0.4) is 0 Å². The van der Waals surface area contributed by atoms with Crippen molar-refractivity contribution in [1.29, 1.82) is 0 Å². The van der Waals surface area contributed by atoms with E-state index in [1.807, 2.05) is 30.3 Å². The third-order valence-electron chi connectivity index (χ3n) is 3.21. The maximum absolute atomic E-state index is 11.8. The summed E-state index contributed by atoms with van der Waals surface area (Å²) in [6, 6.07) is 14.4. The minimum atomic E-state index is -0.584. The molecule has 2 aromatic carbocycles. The largest absolute Gasteiger partial charge is 0.454 e. The van der Waals surface area contributed by atoms with Gasteiger partial charge in [-0.15, -0.1) is 0 Å². The van der Waals surface area contributed by atoms with Crippen molar-refractivity contribution in [2.45, 2.75) is 0 Å². The van der Waals surface area contributed by atoms with E-state index in [0.29, 0.717) is 17.2 Å². The topological polar surface area (TPSA) is 73.9 Å². The van der Waals surface area contributed by atoms with Crippen LogP contribution in [0.2, 0.25) is 0 Å². The number of rotatable bonds is 5. The maximum Gasteiger partial charge on any atom is 0.331 e. The molecule has 1 N–H and O–H groups in total. The van der Waals surface area contributed by atoms with E-state index in [2.05, 4.69) is 5.32 Å². The quantitative estimate of drug-likeness (QED) is 0.676. The van der Waals surface area contributed by atoms with Gasteiger partial charge < -0.3 is 19.5 Å². The lowest BCUT2D eigenvalue weighted by atomic mass is 10.2. The molecule has 0 spiro atoms. The SMILES string of the molecule is O=C(COC(=O)/C=C/c1ccccc1)Nc1ccc2c(c1)OCO2. The minimum absolute atomic E-state index is 0.165. The first-order valence-corrected chi connectivity index (χ1v) is 7.30. The summed E-state index contributed by atoms with van der Waals surface area (Å²) in [5.74, 6) is 0.177. The van der Waals surface area contributed by atoms with Crippen LogP contribution in [-0.4, -0.2) is 25.3 Å². The number of hydrogen-bond donors (Lipinski definition) is 1. The molecule has 0 saturated heterocycles. The number of esters is 1. The Morgan fingerprint density at radius 1 is 1.08 bits per heavy atom. The summed E-state index contributed by atoms with van der Waals surface area (Å²) in [6.45, 7) is -0.204. The number of carbonyl (C=O) groups is 2. The molecule has 0 aromatic heterocycles. The molecule has 2 aromatic rings. The first-order chi connectivity index (χ1) is 11.7. The Balaban J connectivity index is 1.47. The highest BCUT2D eigenvalue weighted by molar-refractivity contribution is 5.94. The molecule has 0 saturated carbocycles. The Hall–Kier alpha value is -3.28. The molecule has 122 valence electrons. The first-order valence-electron chi connectivity index (χ1n) is 7.30. The van der Waals surface area contributed by atoms with Crippen molar-refractivity contribution in [3.8, 4) is 11.5 Å². The lowest BCUT2D eigenvalue weighted by Gasteiger charge is -2.06. The summed E-state index contributed by atoms with van der Waals surface area (Å²) in [5.41, 5.74) is 1.42. The van der Waals surface area contributed by atoms with Gasteiger partial charge in [-0.2, -0.15) is 0 Å². The zero-order chi connectivity index (χ0) is 16.8. The standard InChI is InChI=1S/C18H15NO5/c20-17(19-14-7-8-15-16(10-14)24-12-23-15)11-22-18(21)9-6-13-4-2-1-3-5-13/h1-10H,11-12H2,(H,19,20)/b9-6+. The van der Waals surface area contributed by atoms with Gasteiger partial charge in [0.25, 0.3) is 5.91 Å². The van der Waals surface area contributed by atoms with Crippen LogP contribution >= 0.6 is 0 Å². The number of benzene rings is 2. The van der Waals surface area contributed by atoms with Gasteiger partial charge in [0.05, 0.1) is 0 Å². The summed E-state index contributed by atoms with van der Waals surface area (Å²) in [6.07, 6.45) is 2.90. The molecule has 0 unspecified atom stereocenters. The van der Waals surface area contributed by atoms with Gasteiger partial charge in [0.2, 0.25) is 6.79 Å². The van der Waals surface area contributed by atoms with E-state index >= 15 is 0 Å². The highest BCUT2D eigenvalue weighted by Gasteiger charge is 2.14. The molecule has 1 amide bonds. The van der Waals surface area contributed by atoms with E-state index in [-0.39, 0.29) is 13.4 Å². The fraction of sp³-hybridized carbons (Fsp3) is 0.111. The lowest BCUT2D eigenvalue weighted by molar-refractivity contribution is -0.142. The predicted octanol–water partition coefficient (Wildman–Crippen LogP) is 2.61. The Morgan fingerprint density at radius 3 is 2.71 bits per heavy atom. The number of fused-ring (bicyclic) bond motifs is 1. The second-order valence-corrected chi connectivity index (χ2v) is 4.97. The van der Waals surface area contributed by atoms with Crippen LogP contribution in [0, 0.1) is 0 Å². The molecule has 3 rings (SSSR count). The van der Waals surface area contributed by atoms with E-state index in [1.165, 1.54) is 6.08 Å². The summed E-state index contributed by atoms with van der Waals surface area (Å²) < 4.78 is 15.3. The Bertz CT molecular complexity index is 770. The molecular formula is C18H15NO5. The molecule has 0 aliphatic carbocycles. The second kappa shape index (κ2) is 7.32. The van der Waals surface area contributed by atoms with Gasteiger partial charge in [-0.25, -0.2) is 4.79 Å². The van der Waals surface area contributed by atoms with E-state index in [9.17, 15) is 9.59 Å². The van der Waals surface area contributed by atoms with E-state index in [0.717, 1.165) is 5.56 Å². The van der Waals surface area contributed by atoms with Crippen molar-refractivity contribution < 1.29 is 23.8 Å². The monoisotopic (exact) mass is 325 g/mol. The number of carbonyl (C=O) groups excluding carboxylic acids is 2. The van der Waals surface area contributed by atoms with E-state index < -0.39 is 11.9 Å².